The largest absolute Gasteiger partial charge is 0.457 e. The third kappa shape index (κ3) is 5.64. The molecular weight excluding hydrogens is 353 g/mol. The normalized spacial score (nSPS) is 13.2. The number of rotatable bonds is 7. The van der Waals surface area contributed by atoms with Crippen molar-refractivity contribution >= 4 is 11.4 Å². The first kappa shape index (κ1) is 21.1. The fourth-order valence-corrected chi connectivity index (χ4v) is 2.53. The van der Waals surface area contributed by atoms with E-state index in [0.29, 0.717) is 39.8 Å². The number of halogens is 1. The second-order valence-electron chi connectivity index (χ2n) is 6.56. The van der Waals surface area contributed by atoms with E-state index < -0.39 is 0 Å². The summed E-state index contributed by atoms with van der Waals surface area (Å²) in [5.41, 5.74) is 10.0. The topological polar surface area (TPSA) is 71.5 Å². The van der Waals surface area contributed by atoms with E-state index in [2.05, 4.69) is 11.9 Å². The zero-order valence-electron chi connectivity index (χ0n) is 16.7. The third-order valence-corrected chi connectivity index (χ3v) is 4.22. The average Bonchev–Trinajstić information content (AvgIpc) is 2.66. The van der Waals surface area contributed by atoms with E-state index in [1.54, 1.807) is 43.3 Å². The second-order valence-corrected chi connectivity index (χ2v) is 6.56. The molecule has 5 heteroatoms. The highest BCUT2D eigenvalue weighted by atomic mass is 19.1. The number of ether oxygens (including phenoxy) is 1. The quantitative estimate of drug-likeness (QED) is 0.580. The van der Waals surface area contributed by atoms with Gasteiger partial charge in [0.25, 0.3) is 0 Å². The van der Waals surface area contributed by atoms with E-state index in [-0.39, 0.29) is 5.82 Å². The van der Waals surface area contributed by atoms with Crippen molar-refractivity contribution in [1.29, 1.82) is 5.41 Å². The van der Waals surface area contributed by atoms with Crippen molar-refractivity contribution in [2.75, 3.05) is 0 Å². The zero-order valence-corrected chi connectivity index (χ0v) is 16.7. The minimum atomic E-state index is -0.355. The average molecular weight is 379 g/mol. The highest BCUT2D eigenvalue weighted by Gasteiger charge is 2.14. The monoisotopic (exact) mass is 379 g/mol. The van der Waals surface area contributed by atoms with Crippen LogP contribution in [0.4, 0.5) is 4.39 Å². The number of allylic oxidation sites excluding steroid dienone is 3. The Morgan fingerprint density at radius 1 is 1.11 bits per heavy atom. The van der Waals surface area contributed by atoms with Crippen LogP contribution in [0.3, 0.4) is 0 Å². The van der Waals surface area contributed by atoms with E-state index in [0.717, 1.165) is 12.0 Å². The summed E-state index contributed by atoms with van der Waals surface area (Å²) in [6, 6.07) is 13.0. The van der Waals surface area contributed by atoms with Crippen LogP contribution in [0.25, 0.3) is 0 Å². The molecule has 0 saturated carbocycles. The van der Waals surface area contributed by atoms with E-state index >= 15 is 0 Å². The molecule has 4 nitrogen and oxygen atoms in total. The molecule has 0 atom stereocenters. The van der Waals surface area contributed by atoms with Gasteiger partial charge in [-0.2, -0.15) is 0 Å². The fraction of sp³-hybridized carbons (Fsp3) is 0.217. The third-order valence-electron chi connectivity index (χ3n) is 4.22. The molecule has 0 bridgehead atoms. The summed E-state index contributed by atoms with van der Waals surface area (Å²) in [7, 11) is 0. The van der Waals surface area contributed by atoms with Crippen LogP contribution in [0.5, 0.6) is 11.5 Å². The van der Waals surface area contributed by atoms with Crippen molar-refractivity contribution in [2.24, 2.45) is 10.7 Å². The van der Waals surface area contributed by atoms with Crippen molar-refractivity contribution in [3.05, 3.63) is 83.0 Å². The first-order valence-corrected chi connectivity index (χ1v) is 9.11. The Labute approximate surface area is 165 Å². The molecule has 3 N–H and O–H groups in total. The van der Waals surface area contributed by atoms with Crippen LogP contribution < -0.4 is 10.5 Å². The molecule has 28 heavy (non-hydrogen) atoms. The molecule has 0 aromatic heterocycles. The highest BCUT2D eigenvalue weighted by Crippen LogP contribution is 2.23. The Hall–Kier alpha value is -3.21. The molecule has 0 saturated heterocycles. The molecule has 146 valence electrons. The summed E-state index contributed by atoms with van der Waals surface area (Å²) in [5, 5.41) is 8.57. The van der Waals surface area contributed by atoms with E-state index in [1.165, 1.54) is 12.1 Å². The molecule has 0 heterocycles. The molecule has 0 aliphatic heterocycles. The van der Waals surface area contributed by atoms with Crippen LogP contribution in [0.1, 0.15) is 39.7 Å². The molecule has 0 spiro atoms. The van der Waals surface area contributed by atoms with Crippen LogP contribution in [0.15, 0.2) is 76.6 Å². The molecule has 0 fully saturated rings. The molecule has 0 amide bonds. The molecule has 2 aromatic rings. The molecule has 0 radical (unpaired) electrons. The number of hydrogen-bond acceptors (Lipinski definition) is 4. The molecule has 2 rings (SSSR count). The van der Waals surface area contributed by atoms with Crippen molar-refractivity contribution in [2.45, 2.75) is 34.1 Å². The summed E-state index contributed by atoms with van der Waals surface area (Å²) in [5.74, 6) is 0.623. The Morgan fingerprint density at radius 3 is 2.36 bits per heavy atom. The molecular formula is C23H26FN3O. The summed E-state index contributed by atoms with van der Waals surface area (Å²) in [4.78, 5) is 4.46. The predicted octanol–water partition coefficient (Wildman–Crippen LogP) is 5.99. The maximum absolute atomic E-state index is 13.3. The second kappa shape index (κ2) is 9.65. The standard InChI is InChI=1S/C23H26FN3O/c1-5-15(2)14-27-17(4)22(16(3)25)23(26)18-9-11-20(12-10-18)28-21-8-6-7-19(24)13-21/h6-14,26H,5,25H2,1-4H3/b15-14+,22-16-,26-23?,27-17+. The first-order valence-electron chi connectivity index (χ1n) is 9.11. The van der Waals surface area contributed by atoms with Crippen LogP contribution in [0, 0.1) is 11.2 Å². The van der Waals surface area contributed by atoms with E-state index in [9.17, 15) is 4.39 Å². The van der Waals surface area contributed by atoms with Crippen molar-refractivity contribution < 1.29 is 9.13 Å². The van der Waals surface area contributed by atoms with Crippen LogP contribution in [-0.2, 0) is 0 Å². The number of aliphatic imine (C=N–C) groups is 1. The summed E-state index contributed by atoms with van der Waals surface area (Å²) >= 11 is 0. The van der Waals surface area contributed by atoms with Gasteiger partial charge in [-0.3, -0.25) is 10.4 Å². The molecule has 2 aromatic carbocycles. The lowest BCUT2D eigenvalue weighted by atomic mass is 9.97. The van der Waals surface area contributed by atoms with Gasteiger partial charge in [-0.25, -0.2) is 4.39 Å². The Bertz CT molecular complexity index is 937. The van der Waals surface area contributed by atoms with Gasteiger partial charge in [-0.1, -0.05) is 18.6 Å². The van der Waals surface area contributed by atoms with Gasteiger partial charge in [0.1, 0.15) is 17.3 Å². The number of benzene rings is 2. The maximum Gasteiger partial charge on any atom is 0.130 e. The lowest BCUT2D eigenvalue weighted by Crippen LogP contribution is -2.16. The van der Waals surface area contributed by atoms with E-state index in [1.807, 2.05) is 20.0 Å². The summed E-state index contributed by atoms with van der Waals surface area (Å²) < 4.78 is 18.9. The highest BCUT2D eigenvalue weighted by molar-refractivity contribution is 6.28. The van der Waals surface area contributed by atoms with Crippen molar-refractivity contribution in [3.63, 3.8) is 0 Å². The Balaban J connectivity index is 2.23. The summed E-state index contributed by atoms with van der Waals surface area (Å²) in [6.07, 6.45) is 2.73. The lowest BCUT2D eigenvalue weighted by Gasteiger charge is -2.12. The number of nitrogens with zero attached hydrogens (tertiary/aromatic N) is 1. The predicted molar refractivity (Wildman–Crippen MR) is 114 cm³/mol. The fourth-order valence-electron chi connectivity index (χ4n) is 2.53. The zero-order chi connectivity index (χ0) is 20.7. The van der Waals surface area contributed by atoms with Crippen molar-refractivity contribution in [1.82, 2.24) is 0 Å². The smallest absolute Gasteiger partial charge is 0.130 e. The minimum absolute atomic E-state index is 0.293. The maximum atomic E-state index is 13.3. The number of hydrogen-bond donors (Lipinski definition) is 2. The Morgan fingerprint density at radius 2 is 1.79 bits per heavy atom. The van der Waals surface area contributed by atoms with Gasteiger partial charge in [-0.05, 0) is 63.6 Å². The van der Waals surface area contributed by atoms with Gasteiger partial charge in [0.05, 0.1) is 5.71 Å². The van der Waals surface area contributed by atoms with Crippen LogP contribution in [-0.4, -0.2) is 11.4 Å². The van der Waals surface area contributed by atoms with Crippen molar-refractivity contribution in [3.8, 4) is 11.5 Å². The van der Waals surface area contributed by atoms with Gasteiger partial charge in [0, 0.05) is 34.8 Å². The van der Waals surface area contributed by atoms with Gasteiger partial charge in [-0.15, -0.1) is 0 Å². The molecule has 0 unspecified atom stereocenters. The minimum Gasteiger partial charge on any atom is -0.457 e. The molecule has 0 aliphatic carbocycles. The number of nitrogens with one attached hydrogen (secondary N) is 1. The van der Waals surface area contributed by atoms with Gasteiger partial charge < -0.3 is 10.5 Å². The number of nitrogens with two attached hydrogens (primary N) is 1. The van der Waals surface area contributed by atoms with Crippen LogP contribution in [0.2, 0.25) is 0 Å². The summed E-state index contributed by atoms with van der Waals surface area (Å²) in [6.45, 7) is 7.69. The van der Waals surface area contributed by atoms with E-state index in [4.69, 9.17) is 15.9 Å². The first-order chi connectivity index (χ1) is 13.3. The van der Waals surface area contributed by atoms with Crippen LogP contribution >= 0.6 is 0 Å². The van der Waals surface area contributed by atoms with Gasteiger partial charge in [0.2, 0.25) is 0 Å². The Kier molecular flexibility index (Phi) is 7.27. The SMILES string of the molecule is CC/C(C)=C/N=C(C)/C(C(=N)c1ccc(Oc2cccc(F)c2)cc1)=C(\C)N. The molecule has 0 aliphatic rings. The van der Waals surface area contributed by atoms with Gasteiger partial charge >= 0.3 is 0 Å². The van der Waals surface area contributed by atoms with Gasteiger partial charge in [0.15, 0.2) is 0 Å². The lowest BCUT2D eigenvalue weighted by molar-refractivity contribution is 0.477.